The molecule has 1 unspecified atom stereocenters. The van der Waals surface area contributed by atoms with E-state index < -0.39 is 0 Å². The number of hydrogen-bond acceptors (Lipinski definition) is 4. The number of likely N-dealkylation sites (N-methyl/N-ethyl adjacent to an activating group) is 1. The van der Waals surface area contributed by atoms with Gasteiger partial charge in [-0.15, -0.1) is 0 Å². The highest BCUT2D eigenvalue weighted by Gasteiger charge is 2.41. The molecule has 3 rings (SSSR count). The van der Waals surface area contributed by atoms with Crippen LogP contribution < -0.4 is 4.90 Å². The number of amides is 2. The number of thiocarbonyl (C=S) groups is 1. The molecule has 0 aliphatic carbocycles. The van der Waals surface area contributed by atoms with Crippen LogP contribution in [0.2, 0.25) is 0 Å². The third kappa shape index (κ3) is 3.69. The van der Waals surface area contributed by atoms with E-state index in [0.717, 1.165) is 36.9 Å². The van der Waals surface area contributed by atoms with Crippen molar-refractivity contribution >= 4 is 51.4 Å². The van der Waals surface area contributed by atoms with Crippen LogP contribution in [0, 0.1) is 5.92 Å². The topological polar surface area (TPSA) is 40.6 Å². The average Bonchev–Trinajstić information content (AvgIpc) is 3.11. The third-order valence-electron chi connectivity index (χ3n) is 5.30. The second-order valence-electron chi connectivity index (χ2n) is 6.97. The number of benzene rings is 1. The van der Waals surface area contributed by atoms with E-state index in [4.69, 9.17) is 12.2 Å². The van der Waals surface area contributed by atoms with Crippen molar-refractivity contribution in [2.24, 2.45) is 5.92 Å². The molecule has 2 amide bonds. The molecule has 6 heteroatoms. The van der Waals surface area contributed by atoms with Crippen molar-refractivity contribution < 1.29 is 9.59 Å². The molecule has 0 bridgehead atoms. The number of fused-ring (bicyclic) bond motifs is 1. The number of hydrogen-bond donors (Lipinski definition) is 0. The minimum atomic E-state index is -0.115. The zero-order chi connectivity index (χ0) is 19.6. The van der Waals surface area contributed by atoms with E-state index in [0.29, 0.717) is 33.8 Å². The van der Waals surface area contributed by atoms with Crippen molar-refractivity contribution in [1.29, 1.82) is 0 Å². The number of nitrogens with zero attached hydrogens (tertiary/aromatic N) is 2. The summed E-state index contributed by atoms with van der Waals surface area (Å²) in [6.07, 6.45) is 4.43. The van der Waals surface area contributed by atoms with E-state index in [2.05, 4.69) is 13.8 Å². The molecule has 2 aliphatic heterocycles. The van der Waals surface area contributed by atoms with Gasteiger partial charge in [0.15, 0.2) is 0 Å². The van der Waals surface area contributed by atoms with Crippen molar-refractivity contribution in [3.8, 4) is 0 Å². The number of carbonyl (C=O) groups is 2. The quantitative estimate of drug-likeness (QED) is 0.483. The van der Waals surface area contributed by atoms with Gasteiger partial charge in [-0.2, -0.15) is 0 Å². The summed E-state index contributed by atoms with van der Waals surface area (Å²) >= 11 is 6.79. The molecular formula is C21H26N2O2S2. The monoisotopic (exact) mass is 402 g/mol. The first-order chi connectivity index (χ1) is 13.0. The lowest BCUT2D eigenvalue weighted by Gasteiger charge is -2.21. The predicted octanol–water partition coefficient (Wildman–Crippen LogP) is 4.84. The number of rotatable bonds is 7. The number of anilines is 1. The molecule has 0 spiro atoms. The van der Waals surface area contributed by atoms with Crippen LogP contribution in [0.5, 0.6) is 0 Å². The van der Waals surface area contributed by atoms with Crippen LogP contribution in [0.15, 0.2) is 29.2 Å². The zero-order valence-corrected chi connectivity index (χ0v) is 17.8. The Labute approximate surface area is 171 Å². The maximum Gasteiger partial charge on any atom is 0.267 e. The SMILES string of the molecule is CCCCC(CC)CN1C(=O)/C(=C2/C(=O)N(CC)c3ccccc32)SC1=S. The molecule has 1 aromatic rings. The van der Waals surface area contributed by atoms with Gasteiger partial charge in [0.05, 0.1) is 16.2 Å². The van der Waals surface area contributed by atoms with Crippen LogP contribution in [-0.2, 0) is 9.59 Å². The van der Waals surface area contributed by atoms with Crippen molar-refractivity contribution in [2.75, 3.05) is 18.0 Å². The summed E-state index contributed by atoms with van der Waals surface area (Å²) in [6, 6.07) is 7.68. The Balaban J connectivity index is 1.93. The zero-order valence-electron chi connectivity index (χ0n) is 16.2. The minimum Gasteiger partial charge on any atom is -0.308 e. The second kappa shape index (κ2) is 8.57. The summed E-state index contributed by atoms with van der Waals surface area (Å²) in [4.78, 5) is 30.1. The summed E-state index contributed by atoms with van der Waals surface area (Å²) in [5.41, 5.74) is 2.22. The highest BCUT2D eigenvalue weighted by Crippen LogP contribution is 2.44. The lowest BCUT2D eigenvalue weighted by atomic mass is 9.98. The molecule has 144 valence electrons. The molecule has 0 N–H and O–H groups in total. The number of para-hydroxylation sites is 1. The van der Waals surface area contributed by atoms with Gasteiger partial charge < -0.3 is 4.90 Å². The van der Waals surface area contributed by atoms with E-state index in [1.807, 2.05) is 31.2 Å². The highest BCUT2D eigenvalue weighted by molar-refractivity contribution is 8.26. The first kappa shape index (κ1) is 20.1. The maximum absolute atomic E-state index is 13.2. The Kier molecular flexibility index (Phi) is 6.37. The number of thioether (sulfide) groups is 1. The molecule has 0 radical (unpaired) electrons. The van der Waals surface area contributed by atoms with Gasteiger partial charge in [0.25, 0.3) is 11.8 Å². The fraction of sp³-hybridized carbons (Fsp3) is 0.476. The van der Waals surface area contributed by atoms with Crippen molar-refractivity contribution in [2.45, 2.75) is 46.5 Å². The second-order valence-corrected chi connectivity index (χ2v) is 8.62. The standard InChI is InChI=1S/C21H26N2O2S2/c1-4-7-10-14(5-2)13-23-20(25)18(27-21(23)26)17-15-11-8-9-12-16(15)22(6-3)19(17)24/h8-9,11-12,14H,4-7,10,13H2,1-3H3/b18-17-. The maximum atomic E-state index is 13.2. The first-order valence-electron chi connectivity index (χ1n) is 9.72. The van der Waals surface area contributed by atoms with Gasteiger partial charge in [0.1, 0.15) is 4.32 Å². The lowest BCUT2D eigenvalue weighted by Crippen LogP contribution is -2.33. The Morgan fingerprint density at radius 1 is 1.07 bits per heavy atom. The Morgan fingerprint density at radius 3 is 2.48 bits per heavy atom. The number of carbonyl (C=O) groups excluding carboxylic acids is 2. The van der Waals surface area contributed by atoms with Crippen LogP contribution in [0.3, 0.4) is 0 Å². The van der Waals surface area contributed by atoms with E-state index in [1.165, 1.54) is 11.8 Å². The molecular weight excluding hydrogens is 376 g/mol. The molecule has 0 aromatic heterocycles. The summed E-state index contributed by atoms with van der Waals surface area (Å²) in [5.74, 6) is 0.226. The average molecular weight is 403 g/mol. The van der Waals surface area contributed by atoms with Gasteiger partial charge in [-0.1, -0.05) is 75.3 Å². The summed E-state index contributed by atoms with van der Waals surface area (Å²) in [6.45, 7) is 7.51. The molecule has 1 fully saturated rings. The van der Waals surface area contributed by atoms with Gasteiger partial charge in [0.2, 0.25) is 0 Å². The summed E-state index contributed by atoms with van der Waals surface area (Å²) in [7, 11) is 0. The molecule has 4 nitrogen and oxygen atoms in total. The van der Waals surface area contributed by atoms with Crippen LogP contribution in [0.4, 0.5) is 5.69 Å². The fourth-order valence-corrected chi connectivity index (χ4v) is 5.04. The molecule has 2 heterocycles. The van der Waals surface area contributed by atoms with Crippen LogP contribution in [0.1, 0.15) is 52.0 Å². The van der Waals surface area contributed by atoms with Crippen molar-refractivity contribution in [3.63, 3.8) is 0 Å². The van der Waals surface area contributed by atoms with Crippen molar-refractivity contribution in [3.05, 3.63) is 34.7 Å². The summed E-state index contributed by atoms with van der Waals surface area (Å²) < 4.78 is 0.567. The molecule has 1 saturated heterocycles. The van der Waals surface area contributed by atoms with Crippen LogP contribution in [0.25, 0.3) is 5.57 Å². The van der Waals surface area contributed by atoms with E-state index in [1.54, 1.807) is 9.80 Å². The van der Waals surface area contributed by atoms with E-state index >= 15 is 0 Å². The highest BCUT2D eigenvalue weighted by atomic mass is 32.2. The molecule has 0 saturated carbocycles. The van der Waals surface area contributed by atoms with E-state index in [9.17, 15) is 9.59 Å². The Bertz CT molecular complexity index is 803. The third-order valence-corrected chi connectivity index (χ3v) is 6.75. The van der Waals surface area contributed by atoms with Gasteiger partial charge in [0, 0.05) is 18.7 Å². The Hall–Kier alpha value is -1.66. The van der Waals surface area contributed by atoms with Gasteiger partial charge in [-0.25, -0.2) is 0 Å². The predicted molar refractivity (Wildman–Crippen MR) is 117 cm³/mol. The largest absolute Gasteiger partial charge is 0.308 e. The van der Waals surface area contributed by atoms with E-state index in [-0.39, 0.29) is 11.8 Å². The number of unbranched alkanes of at least 4 members (excludes halogenated alkanes) is 1. The molecule has 1 atom stereocenters. The molecule has 27 heavy (non-hydrogen) atoms. The molecule has 2 aliphatic rings. The fourth-order valence-electron chi connectivity index (χ4n) is 3.70. The first-order valence-corrected chi connectivity index (χ1v) is 10.9. The Morgan fingerprint density at radius 2 is 1.81 bits per heavy atom. The molecule has 1 aromatic carbocycles. The van der Waals surface area contributed by atoms with Gasteiger partial charge in [-0.05, 0) is 25.3 Å². The minimum absolute atomic E-state index is 0.0998. The summed E-state index contributed by atoms with van der Waals surface area (Å²) in [5, 5.41) is 0. The normalized spacial score (nSPS) is 20.6. The van der Waals surface area contributed by atoms with Gasteiger partial charge in [-0.3, -0.25) is 14.5 Å². The van der Waals surface area contributed by atoms with Crippen molar-refractivity contribution in [1.82, 2.24) is 4.90 Å². The van der Waals surface area contributed by atoms with Gasteiger partial charge >= 0.3 is 0 Å². The lowest BCUT2D eigenvalue weighted by molar-refractivity contribution is -0.123. The van der Waals surface area contributed by atoms with Crippen LogP contribution >= 0.6 is 24.0 Å². The smallest absolute Gasteiger partial charge is 0.267 e. The van der Waals surface area contributed by atoms with Crippen LogP contribution in [-0.4, -0.2) is 34.1 Å².